The van der Waals surface area contributed by atoms with E-state index >= 15 is 0 Å². The van der Waals surface area contributed by atoms with Gasteiger partial charge in [0.05, 0.1) is 11.8 Å². The molecule has 1 aliphatic heterocycles. The molecule has 0 spiro atoms. The highest BCUT2D eigenvalue weighted by molar-refractivity contribution is 5.91. The number of fused-ring (bicyclic) bond motifs is 1. The van der Waals surface area contributed by atoms with Crippen LogP contribution in [0, 0.1) is 11.3 Å². The van der Waals surface area contributed by atoms with E-state index in [4.69, 9.17) is 10.00 Å². The molecule has 0 aliphatic carbocycles. The summed E-state index contributed by atoms with van der Waals surface area (Å²) in [6.07, 6.45) is 0.892. The molecule has 4 nitrogen and oxygen atoms in total. The molecule has 0 saturated heterocycles. The number of carbonyl (C=O) groups excluding carboxylic acids is 1. The smallest absolute Gasteiger partial charge is 0.414 e. The molecule has 1 aliphatic rings. The lowest BCUT2D eigenvalue weighted by molar-refractivity contribution is 0.0578. The Morgan fingerprint density at radius 1 is 1.43 bits per heavy atom. The van der Waals surface area contributed by atoms with Gasteiger partial charge in [-0.2, -0.15) is 5.26 Å². The predicted octanol–water partition coefficient (Wildman–Crippen LogP) is 4.00. The lowest BCUT2D eigenvalue weighted by atomic mass is 9.80. The Kier molecular flexibility index (Phi) is 3.95. The van der Waals surface area contributed by atoms with Gasteiger partial charge in [0.2, 0.25) is 0 Å². The quantitative estimate of drug-likeness (QED) is 0.825. The lowest BCUT2D eigenvalue weighted by Gasteiger charge is -2.27. The SMILES string of the molecule is CC(C)(C)OC(=O)N1C[C@@](C)(CCC#N)c2ccccc21. The summed E-state index contributed by atoms with van der Waals surface area (Å²) in [7, 11) is 0. The number of ether oxygens (including phenoxy) is 1. The Labute approximate surface area is 126 Å². The number of amides is 1. The van der Waals surface area contributed by atoms with E-state index in [0.717, 1.165) is 17.7 Å². The molecule has 1 aromatic carbocycles. The van der Waals surface area contributed by atoms with Crippen LogP contribution in [0.25, 0.3) is 0 Å². The molecule has 0 N–H and O–H groups in total. The first-order chi connectivity index (χ1) is 9.77. The molecule has 0 unspecified atom stereocenters. The second-order valence-corrected chi connectivity index (χ2v) is 6.80. The summed E-state index contributed by atoms with van der Waals surface area (Å²) in [5.41, 5.74) is 1.30. The predicted molar refractivity (Wildman–Crippen MR) is 82.2 cm³/mol. The molecule has 4 heteroatoms. The van der Waals surface area contributed by atoms with Crippen molar-refractivity contribution in [3.05, 3.63) is 29.8 Å². The highest BCUT2D eigenvalue weighted by Gasteiger charge is 2.42. The fraction of sp³-hybridized carbons (Fsp3) is 0.529. The van der Waals surface area contributed by atoms with Gasteiger partial charge in [-0.25, -0.2) is 4.79 Å². The number of nitrogens with zero attached hydrogens (tertiary/aromatic N) is 2. The molecule has 0 radical (unpaired) electrons. The molecular weight excluding hydrogens is 264 g/mol. The van der Waals surface area contributed by atoms with Crippen LogP contribution >= 0.6 is 0 Å². The number of rotatable bonds is 2. The van der Waals surface area contributed by atoms with Crippen molar-refractivity contribution in [2.45, 2.75) is 51.6 Å². The minimum Gasteiger partial charge on any atom is -0.443 e. The first-order valence-electron chi connectivity index (χ1n) is 7.24. The van der Waals surface area contributed by atoms with E-state index in [1.807, 2.05) is 45.0 Å². The highest BCUT2D eigenvalue weighted by Crippen LogP contribution is 2.43. The maximum absolute atomic E-state index is 12.4. The monoisotopic (exact) mass is 286 g/mol. The van der Waals surface area contributed by atoms with Crippen LogP contribution in [-0.4, -0.2) is 18.2 Å². The number of hydrogen-bond acceptors (Lipinski definition) is 3. The molecule has 0 bridgehead atoms. The van der Waals surface area contributed by atoms with Gasteiger partial charge in [0.15, 0.2) is 0 Å². The summed E-state index contributed by atoms with van der Waals surface area (Å²) in [6, 6.07) is 10.1. The largest absolute Gasteiger partial charge is 0.443 e. The van der Waals surface area contributed by atoms with Crippen LogP contribution in [0.5, 0.6) is 0 Å². The summed E-state index contributed by atoms with van der Waals surface area (Å²) in [5, 5.41) is 8.86. The molecule has 0 saturated carbocycles. The standard InChI is InChI=1S/C17H22N2O2/c1-16(2,3)21-15(20)19-12-17(4,10-7-11-18)13-8-5-6-9-14(13)19/h5-6,8-9H,7,10,12H2,1-4H3/t17-/m1/s1. The summed E-state index contributed by atoms with van der Waals surface area (Å²) in [5.74, 6) is 0. The van der Waals surface area contributed by atoms with Crippen molar-refractivity contribution in [2.75, 3.05) is 11.4 Å². The molecule has 21 heavy (non-hydrogen) atoms. The molecule has 1 amide bonds. The lowest BCUT2D eigenvalue weighted by Crippen LogP contribution is -2.39. The third-order valence-electron chi connectivity index (χ3n) is 3.75. The van der Waals surface area contributed by atoms with E-state index in [1.165, 1.54) is 0 Å². The van der Waals surface area contributed by atoms with E-state index < -0.39 is 5.60 Å². The zero-order valence-corrected chi connectivity index (χ0v) is 13.1. The second-order valence-electron chi connectivity index (χ2n) is 6.80. The Morgan fingerprint density at radius 3 is 2.71 bits per heavy atom. The Balaban J connectivity index is 2.31. The first kappa shape index (κ1) is 15.4. The highest BCUT2D eigenvalue weighted by atomic mass is 16.6. The van der Waals surface area contributed by atoms with Crippen molar-refractivity contribution in [3.8, 4) is 6.07 Å². The average molecular weight is 286 g/mol. The van der Waals surface area contributed by atoms with Crippen molar-refractivity contribution in [3.63, 3.8) is 0 Å². The normalized spacial score (nSPS) is 20.8. The Hall–Kier alpha value is -2.02. The van der Waals surface area contributed by atoms with Gasteiger partial charge in [0.1, 0.15) is 5.60 Å². The van der Waals surface area contributed by atoms with E-state index in [-0.39, 0.29) is 11.5 Å². The summed E-state index contributed by atoms with van der Waals surface area (Å²) in [4.78, 5) is 14.1. The first-order valence-corrected chi connectivity index (χ1v) is 7.24. The third-order valence-corrected chi connectivity index (χ3v) is 3.75. The summed E-state index contributed by atoms with van der Waals surface area (Å²) >= 11 is 0. The number of para-hydroxylation sites is 1. The van der Waals surface area contributed by atoms with Gasteiger partial charge in [-0.05, 0) is 38.8 Å². The van der Waals surface area contributed by atoms with Crippen LogP contribution in [0.1, 0.15) is 46.1 Å². The fourth-order valence-corrected chi connectivity index (χ4v) is 2.76. The van der Waals surface area contributed by atoms with Crippen LogP contribution in [0.15, 0.2) is 24.3 Å². The molecule has 1 atom stereocenters. The van der Waals surface area contributed by atoms with Crippen molar-refractivity contribution in [1.82, 2.24) is 0 Å². The summed E-state index contributed by atoms with van der Waals surface area (Å²) < 4.78 is 5.50. The van der Waals surface area contributed by atoms with E-state index in [1.54, 1.807) is 4.90 Å². The van der Waals surface area contributed by atoms with Gasteiger partial charge < -0.3 is 4.74 Å². The van der Waals surface area contributed by atoms with Crippen molar-refractivity contribution >= 4 is 11.8 Å². The second kappa shape index (κ2) is 5.40. The minimum atomic E-state index is -0.516. The summed E-state index contributed by atoms with van der Waals surface area (Å²) in [6.45, 7) is 8.25. The number of anilines is 1. The van der Waals surface area contributed by atoms with Crippen LogP contribution in [-0.2, 0) is 10.2 Å². The molecule has 0 fully saturated rings. The van der Waals surface area contributed by atoms with Gasteiger partial charge in [-0.1, -0.05) is 25.1 Å². The van der Waals surface area contributed by atoms with Gasteiger partial charge >= 0.3 is 6.09 Å². The Bertz CT molecular complexity index is 583. The zero-order valence-electron chi connectivity index (χ0n) is 13.1. The van der Waals surface area contributed by atoms with Gasteiger partial charge in [0, 0.05) is 18.4 Å². The van der Waals surface area contributed by atoms with Gasteiger partial charge in [-0.15, -0.1) is 0 Å². The number of nitriles is 1. The van der Waals surface area contributed by atoms with Gasteiger partial charge in [-0.3, -0.25) is 4.90 Å². The van der Waals surface area contributed by atoms with E-state index in [2.05, 4.69) is 13.0 Å². The fourth-order valence-electron chi connectivity index (χ4n) is 2.76. The van der Waals surface area contributed by atoms with Gasteiger partial charge in [0.25, 0.3) is 0 Å². The van der Waals surface area contributed by atoms with Crippen molar-refractivity contribution < 1.29 is 9.53 Å². The van der Waals surface area contributed by atoms with Crippen molar-refractivity contribution in [1.29, 1.82) is 5.26 Å². The van der Waals surface area contributed by atoms with Crippen LogP contribution < -0.4 is 4.90 Å². The van der Waals surface area contributed by atoms with Crippen LogP contribution in [0.2, 0.25) is 0 Å². The molecule has 0 aromatic heterocycles. The van der Waals surface area contributed by atoms with E-state index in [0.29, 0.717) is 13.0 Å². The molecule has 2 rings (SSSR count). The number of carbonyl (C=O) groups is 1. The molecule has 112 valence electrons. The van der Waals surface area contributed by atoms with Crippen LogP contribution in [0.4, 0.5) is 10.5 Å². The molecule has 1 heterocycles. The Morgan fingerprint density at radius 2 is 2.10 bits per heavy atom. The minimum absolute atomic E-state index is 0.191. The topological polar surface area (TPSA) is 53.3 Å². The number of benzene rings is 1. The third kappa shape index (κ3) is 3.18. The van der Waals surface area contributed by atoms with Crippen molar-refractivity contribution in [2.24, 2.45) is 0 Å². The van der Waals surface area contributed by atoms with Crippen LogP contribution in [0.3, 0.4) is 0 Å². The molecule has 1 aromatic rings. The number of hydrogen-bond donors (Lipinski definition) is 0. The maximum Gasteiger partial charge on any atom is 0.414 e. The average Bonchev–Trinajstić information content (AvgIpc) is 2.70. The molecular formula is C17H22N2O2. The van der Waals surface area contributed by atoms with E-state index in [9.17, 15) is 4.79 Å². The zero-order chi connectivity index (χ0) is 15.7. The maximum atomic E-state index is 12.4.